The summed E-state index contributed by atoms with van der Waals surface area (Å²) in [7, 11) is 0. The maximum Gasteiger partial charge on any atom is 0.335 e. The fourth-order valence-electron chi connectivity index (χ4n) is 1.39. The summed E-state index contributed by atoms with van der Waals surface area (Å²) in [6.07, 6.45) is 0. The molecule has 0 saturated carbocycles. The number of phenolic OH excluding ortho intramolecular Hbond substituents is 1. The normalized spacial score (nSPS) is 10.0. The summed E-state index contributed by atoms with van der Waals surface area (Å²) >= 11 is 0. The van der Waals surface area contributed by atoms with Gasteiger partial charge in [-0.1, -0.05) is 0 Å². The average Bonchev–Trinajstić information content (AvgIpc) is 2.34. The van der Waals surface area contributed by atoms with Crippen LogP contribution in [0.15, 0.2) is 42.5 Å². The number of aromatic carboxylic acids is 1. The molecule has 18 heavy (non-hydrogen) atoms. The Kier molecular flexibility index (Phi) is 3.05. The van der Waals surface area contributed by atoms with Crippen LogP contribution in [0.3, 0.4) is 0 Å². The average molecular weight is 245 g/mol. The number of carboxylic acid groups (broad SMARTS) is 1. The minimum absolute atomic E-state index is 0.0605. The van der Waals surface area contributed by atoms with Crippen molar-refractivity contribution in [3.63, 3.8) is 0 Å². The van der Waals surface area contributed by atoms with E-state index >= 15 is 0 Å². The number of hydrogen-bond acceptors (Lipinski definition) is 4. The summed E-state index contributed by atoms with van der Waals surface area (Å²) in [5.74, 6) is -0.157. The Morgan fingerprint density at radius 3 is 2.22 bits per heavy atom. The lowest BCUT2D eigenvalue weighted by molar-refractivity contribution is 0.0697. The van der Waals surface area contributed by atoms with Crippen molar-refractivity contribution in [2.24, 2.45) is 0 Å². The minimum Gasteiger partial charge on any atom is -0.506 e. The highest BCUT2D eigenvalue weighted by Crippen LogP contribution is 2.28. The molecule has 0 saturated heterocycles. The smallest absolute Gasteiger partial charge is 0.335 e. The van der Waals surface area contributed by atoms with E-state index in [9.17, 15) is 9.90 Å². The molecule has 5 nitrogen and oxygen atoms in total. The Morgan fingerprint density at radius 1 is 1.06 bits per heavy atom. The Morgan fingerprint density at radius 2 is 1.67 bits per heavy atom. The van der Waals surface area contributed by atoms with Gasteiger partial charge in [0.2, 0.25) is 0 Å². The van der Waals surface area contributed by atoms with Gasteiger partial charge in [-0.2, -0.15) is 0 Å². The van der Waals surface area contributed by atoms with Gasteiger partial charge in [0.05, 0.1) is 11.3 Å². The molecule has 0 heterocycles. The van der Waals surface area contributed by atoms with Crippen LogP contribution in [0, 0.1) is 0 Å². The third kappa shape index (κ3) is 2.52. The van der Waals surface area contributed by atoms with Crippen molar-refractivity contribution >= 4 is 11.7 Å². The molecule has 0 aliphatic carbocycles. The molecule has 0 amide bonds. The monoisotopic (exact) mass is 245 g/mol. The molecular weight excluding hydrogens is 234 g/mol. The second kappa shape index (κ2) is 4.67. The number of benzene rings is 2. The van der Waals surface area contributed by atoms with Gasteiger partial charge in [-0.15, -0.1) is 0 Å². The predicted octanol–water partition coefficient (Wildman–Crippen LogP) is 2.46. The zero-order chi connectivity index (χ0) is 13.1. The van der Waals surface area contributed by atoms with Crippen LogP contribution in [-0.4, -0.2) is 16.2 Å². The molecule has 92 valence electrons. The van der Waals surface area contributed by atoms with E-state index < -0.39 is 5.97 Å². The first-order valence-electron chi connectivity index (χ1n) is 5.16. The van der Waals surface area contributed by atoms with Crippen molar-refractivity contribution in [3.05, 3.63) is 48.0 Å². The standard InChI is InChI=1S/C13H11NO4/c14-11-6-5-10(7-12(11)15)18-9-3-1-8(2-4-9)13(16)17/h1-7,15H,14H2,(H,16,17). The molecule has 2 aromatic rings. The lowest BCUT2D eigenvalue weighted by atomic mass is 10.2. The van der Waals surface area contributed by atoms with Gasteiger partial charge in [-0.3, -0.25) is 0 Å². The summed E-state index contributed by atoms with van der Waals surface area (Å²) < 4.78 is 5.44. The van der Waals surface area contributed by atoms with Crippen LogP contribution in [0.2, 0.25) is 0 Å². The molecule has 0 bridgehead atoms. The number of phenols is 1. The molecule has 0 spiro atoms. The molecule has 2 aromatic carbocycles. The lowest BCUT2D eigenvalue weighted by Gasteiger charge is -2.07. The molecule has 0 aromatic heterocycles. The van der Waals surface area contributed by atoms with Crippen molar-refractivity contribution in [3.8, 4) is 17.2 Å². The van der Waals surface area contributed by atoms with Crippen LogP contribution in [0.5, 0.6) is 17.2 Å². The zero-order valence-electron chi connectivity index (χ0n) is 9.33. The number of ether oxygens (including phenoxy) is 1. The van der Waals surface area contributed by atoms with Gasteiger partial charge in [0.25, 0.3) is 0 Å². The summed E-state index contributed by atoms with van der Waals surface area (Å²) in [4.78, 5) is 10.7. The summed E-state index contributed by atoms with van der Waals surface area (Å²) in [5, 5.41) is 18.2. The van der Waals surface area contributed by atoms with E-state index in [0.29, 0.717) is 11.5 Å². The second-order valence-electron chi connectivity index (χ2n) is 3.65. The zero-order valence-corrected chi connectivity index (χ0v) is 9.33. The van der Waals surface area contributed by atoms with Crippen molar-refractivity contribution in [2.75, 3.05) is 5.73 Å². The van der Waals surface area contributed by atoms with Crippen LogP contribution < -0.4 is 10.5 Å². The molecular formula is C13H11NO4. The van der Waals surface area contributed by atoms with E-state index in [-0.39, 0.29) is 17.0 Å². The Hall–Kier alpha value is -2.69. The van der Waals surface area contributed by atoms with Crippen molar-refractivity contribution in [1.29, 1.82) is 0 Å². The van der Waals surface area contributed by atoms with Crippen LogP contribution >= 0.6 is 0 Å². The van der Waals surface area contributed by atoms with Crippen LogP contribution in [0.4, 0.5) is 5.69 Å². The molecule has 0 aliphatic rings. The molecule has 4 N–H and O–H groups in total. The predicted molar refractivity (Wildman–Crippen MR) is 66.0 cm³/mol. The first kappa shape index (κ1) is 11.8. The quantitative estimate of drug-likeness (QED) is 0.570. The number of carbonyl (C=O) groups is 1. The molecule has 0 fully saturated rings. The molecule has 0 aliphatic heterocycles. The molecule has 5 heteroatoms. The van der Waals surface area contributed by atoms with Gasteiger partial charge in [0, 0.05) is 6.07 Å². The van der Waals surface area contributed by atoms with E-state index in [2.05, 4.69) is 0 Å². The first-order chi connectivity index (χ1) is 8.56. The summed E-state index contributed by atoms with van der Waals surface area (Å²) in [6, 6.07) is 10.5. The third-order valence-corrected chi connectivity index (χ3v) is 2.34. The summed E-state index contributed by atoms with van der Waals surface area (Å²) in [6.45, 7) is 0. The van der Waals surface area contributed by atoms with Crippen LogP contribution in [0.1, 0.15) is 10.4 Å². The van der Waals surface area contributed by atoms with Crippen LogP contribution in [0.25, 0.3) is 0 Å². The van der Waals surface area contributed by atoms with Crippen molar-refractivity contribution in [1.82, 2.24) is 0 Å². The first-order valence-corrected chi connectivity index (χ1v) is 5.16. The number of carboxylic acids is 1. The highest BCUT2D eigenvalue weighted by molar-refractivity contribution is 5.87. The topological polar surface area (TPSA) is 92.8 Å². The number of aromatic hydroxyl groups is 1. The van der Waals surface area contributed by atoms with Gasteiger partial charge >= 0.3 is 5.97 Å². The fraction of sp³-hybridized carbons (Fsp3) is 0. The molecule has 0 unspecified atom stereocenters. The molecule has 2 rings (SSSR count). The Balaban J connectivity index is 2.18. The molecule has 0 atom stereocenters. The van der Waals surface area contributed by atoms with Gasteiger partial charge in [0.1, 0.15) is 17.2 Å². The maximum atomic E-state index is 10.7. The van der Waals surface area contributed by atoms with E-state index in [4.69, 9.17) is 15.6 Å². The van der Waals surface area contributed by atoms with E-state index in [1.807, 2.05) is 0 Å². The number of rotatable bonds is 3. The largest absolute Gasteiger partial charge is 0.506 e. The SMILES string of the molecule is Nc1ccc(Oc2ccc(C(=O)O)cc2)cc1O. The molecule has 0 radical (unpaired) electrons. The summed E-state index contributed by atoms with van der Waals surface area (Å²) in [5.41, 5.74) is 5.91. The number of hydrogen-bond donors (Lipinski definition) is 3. The minimum atomic E-state index is -0.994. The van der Waals surface area contributed by atoms with Gasteiger partial charge < -0.3 is 20.7 Å². The number of nitrogens with two attached hydrogens (primary N) is 1. The number of anilines is 1. The number of nitrogen functional groups attached to an aromatic ring is 1. The van der Waals surface area contributed by atoms with Crippen LogP contribution in [-0.2, 0) is 0 Å². The van der Waals surface area contributed by atoms with Gasteiger partial charge in [-0.25, -0.2) is 4.79 Å². The fourth-order valence-corrected chi connectivity index (χ4v) is 1.39. The van der Waals surface area contributed by atoms with E-state index in [0.717, 1.165) is 0 Å². The van der Waals surface area contributed by atoms with Gasteiger partial charge in [0.15, 0.2) is 0 Å². The lowest BCUT2D eigenvalue weighted by Crippen LogP contribution is -1.95. The van der Waals surface area contributed by atoms with E-state index in [1.54, 1.807) is 6.07 Å². The van der Waals surface area contributed by atoms with Crippen molar-refractivity contribution < 1.29 is 19.7 Å². The maximum absolute atomic E-state index is 10.7. The highest BCUT2D eigenvalue weighted by atomic mass is 16.5. The van der Waals surface area contributed by atoms with Crippen molar-refractivity contribution in [2.45, 2.75) is 0 Å². The second-order valence-corrected chi connectivity index (χ2v) is 3.65. The highest BCUT2D eigenvalue weighted by Gasteiger charge is 2.04. The Bertz CT molecular complexity index is 578. The van der Waals surface area contributed by atoms with E-state index in [1.165, 1.54) is 36.4 Å². The van der Waals surface area contributed by atoms with Gasteiger partial charge in [-0.05, 0) is 36.4 Å². The Labute approximate surface area is 103 Å². The third-order valence-electron chi connectivity index (χ3n) is 2.34.